The smallest absolute Gasteiger partial charge is 0.326 e. The monoisotopic (exact) mass is 253 g/mol. The van der Waals surface area contributed by atoms with Gasteiger partial charge in [-0.3, -0.25) is 0 Å². The Morgan fingerprint density at radius 2 is 2.11 bits per heavy atom. The minimum atomic E-state index is -0.873. The van der Waals surface area contributed by atoms with Crippen LogP contribution in [0.4, 0.5) is 5.69 Å². The summed E-state index contributed by atoms with van der Waals surface area (Å²) in [7, 11) is 3.11. The fraction of sp³-hybridized carbons (Fsp3) is 0.462. The highest BCUT2D eigenvalue weighted by molar-refractivity contribution is 5.78. The molecule has 0 heterocycles. The molecule has 0 aliphatic carbocycles. The van der Waals surface area contributed by atoms with Crippen molar-refractivity contribution in [3.63, 3.8) is 0 Å². The van der Waals surface area contributed by atoms with E-state index in [1.165, 1.54) is 0 Å². The third kappa shape index (κ3) is 3.55. The molecule has 0 spiro atoms. The molecule has 0 aliphatic heterocycles. The summed E-state index contributed by atoms with van der Waals surface area (Å²) in [5.41, 5.74) is 0.623. The number of nitrogens with one attached hydrogen (secondary N) is 1. The molecular formula is C13H19NO4. The van der Waals surface area contributed by atoms with Crippen molar-refractivity contribution in [3.05, 3.63) is 18.2 Å². The summed E-state index contributed by atoms with van der Waals surface area (Å²) in [6.07, 6.45) is 1.34. The van der Waals surface area contributed by atoms with Crippen LogP contribution in [0.15, 0.2) is 18.2 Å². The van der Waals surface area contributed by atoms with Gasteiger partial charge in [0.15, 0.2) is 0 Å². The zero-order valence-corrected chi connectivity index (χ0v) is 10.9. The maximum atomic E-state index is 11.1. The Morgan fingerprint density at radius 1 is 1.39 bits per heavy atom. The number of carboxylic acids is 1. The van der Waals surface area contributed by atoms with E-state index in [4.69, 9.17) is 14.6 Å². The van der Waals surface area contributed by atoms with E-state index in [1.54, 1.807) is 32.4 Å². The van der Waals surface area contributed by atoms with Crippen LogP contribution in [0, 0.1) is 0 Å². The fourth-order valence-electron chi connectivity index (χ4n) is 1.66. The van der Waals surface area contributed by atoms with Crippen molar-refractivity contribution in [2.24, 2.45) is 0 Å². The Kier molecular flexibility index (Phi) is 5.30. The number of anilines is 1. The lowest BCUT2D eigenvalue weighted by molar-refractivity contribution is -0.138. The number of ether oxygens (including phenoxy) is 2. The Balaban J connectivity index is 2.95. The Morgan fingerprint density at radius 3 is 2.61 bits per heavy atom. The van der Waals surface area contributed by atoms with E-state index in [9.17, 15) is 4.79 Å². The number of carboxylic acid groups (broad SMARTS) is 1. The first-order valence-electron chi connectivity index (χ1n) is 5.83. The van der Waals surface area contributed by atoms with E-state index < -0.39 is 12.0 Å². The zero-order valence-electron chi connectivity index (χ0n) is 10.9. The van der Waals surface area contributed by atoms with Gasteiger partial charge >= 0.3 is 5.97 Å². The van der Waals surface area contributed by atoms with Crippen molar-refractivity contribution >= 4 is 11.7 Å². The van der Waals surface area contributed by atoms with Crippen LogP contribution >= 0.6 is 0 Å². The van der Waals surface area contributed by atoms with E-state index in [0.717, 1.165) is 6.42 Å². The number of hydrogen-bond donors (Lipinski definition) is 2. The molecule has 18 heavy (non-hydrogen) atoms. The number of benzene rings is 1. The normalized spacial score (nSPS) is 11.7. The van der Waals surface area contributed by atoms with Gasteiger partial charge in [-0.25, -0.2) is 4.79 Å². The molecule has 0 unspecified atom stereocenters. The van der Waals surface area contributed by atoms with Crippen LogP contribution in [-0.4, -0.2) is 31.3 Å². The van der Waals surface area contributed by atoms with E-state index in [1.807, 2.05) is 6.92 Å². The van der Waals surface area contributed by atoms with Crippen molar-refractivity contribution in [1.82, 2.24) is 0 Å². The Hall–Kier alpha value is -1.91. The van der Waals surface area contributed by atoms with Crippen molar-refractivity contribution in [2.75, 3.05) is 19.5 Å². The predicted octanol–water partition coefficient (Wildman–Crippen LogP) is 2.37. The van der Waals surface area contributed by atoms with Gasteiger partial charge in [0.2, 0.25) is 0 Å². The highest BCUT2D eigenvalue weighted by Gasteiger charge is 2.18. The third-order valence-electron chi connectivity index (χ3n) is 2.61. The van der Waals surface area contributed by atoms with E-state index in [2.05, 4.69) is 5.32 Å². The maximum absolute atomic E-state index is 11.1. The third-order valence-corrected chi connectivity index (χ3v) is 2.61. The zero-order chi connectivity index (χ0) is 13.5. The van der Waals surface area contributed by atoms with Gasteiger partial charge in [0.1, 0.15) is 17.5 Å². The summed E-state index contributed by atoms with van der Waals surface area (Å²) in [5, 5.41) is 12.1. The van der Waals surface area contributed by atoms with Crippen molar-refractivity contribution < 1.29 is 19.4 Å². The quantitative estimate of drug-likeness (QED) is 0.780. The van der Waals surface area contributed by atoms with Gasteiger partial charge in [0.25, 0.3) is 0 Å². The minimum absolute atomic E-state index is 0.551. The second-order valence-corrected chi connectivity index (χ2v) is 3.89. The molecule has 5 heteroatoms. The van der Waals surface area contributed by atoms with Gasteiger partial charge in [0, 0.05) is 6.07 Å². The van der Waals surface area contributed by atoms with Crippen LogP contribution < -0.4 is 14.8 Å². The highest BCUT2D eigenvalue weighted by atomic mass is 16.5. The molecule has 0 aromatic heterocycles. The van der Waals surface area contributed by atoms with E-state index >= 15 is 0 Å². The molecule has 0 amide bonds. The molecule has 2 N–H and O–H groups in total. The largest absolute Gasteiger partial charge is 0.497 e. The molecule has 0 bridgehead atoms. The Labute approximate surface area is 107 Å². The predicted molar refractivity (Wildman–Crippen MR) is 69.5 cm³/mol. The van der Waals surface area contributed by atoms with Crippen molar-refractivity contribution in [2.45, 2.75) is 25.8 Å². The highest BCUT2D eigenvalue weighted by Crippen LogP contribution is 2.29. The van der Waals surface area contributed by atoms with E-state index in [0.29, 0.717) is 23.6 Å². The Bertz CT molecular complexity index is 406. The number of aliphatic carboxylic acids is 1. The van der Waals surface area contributed by atoms with Crippen LogP contribution in [0.3, 0.4) is 0 Å². The number of methoxy groups -OCH3 is 2. The average Bonchev–Trinajstić information content (AvgIpc) is 2.37. The fourth-order valence-corrected chi connectivity index (χ4v) is 1.66. The molecule has 0 radical (unpaired) electrons. The second kappa shape index (κ2) is 6.74. The van der Waals surface area contributed by atoms with Crippen molar-refractivity contribution in [1.29, 1.82) is 0 Å². The summed E-state index contributed by atoms with van der Waals surface area (Å²) in [6, 6.07) is 4.60. The SMILES string of the molecule is CCC[C@H](Nc1cc(OC)ccc1OC)C(=O)O. The van der Waals surface area contributed by atoms with Crippen LogP contribution in [0.25, 0.3) is 0 Å². The van der Waals surface area contributed by atoms with Crippen LogP contribution in [0.5, 0.6) is 11.5 Å². The van der Waals surface area contributed by atoms with Gasteiger partial charge in [0.05, 0.1) is 19.9 Å². The van der Waals surface area contributed by atoms with Crippen molar-refractivity contribution in [3.8, 4) is 11.5 Å². The van der Waals surface area contributed by atoms with Gasteiger partial charge in [-0.15, -0.1) is 0 Å². The van der Waals surface area contributed by atoms with Gasteiger partial charge in [-0.1, -0.05) is 13.3 Å². The molecule has 0 fully saturated rings. The van der Waals surface area contributed by atoms with Gasteiger partial charge in [-0.2, -0.15) is 0 Å². The summed E-state index contributed by atoms with van der Waals surface area (Å²) in [6.45, 7) is 1.94. The van der Waals surface area contributed by atoms with Gasteiger partial charge in [-0.05, 0) is 18.6 Å². The molecule has 100 valence electrons. The van der Waals surface area contributed by atoms with Gasteiger partial charge < -0.3 is 19.9 Å². The second-order valence-electron chi connectivity index (χ2n) is 3.89. The van der Waals surface area contributed by atoms with E-state index in [-0.39, 0.29) is 0 Å². The summed E-state index contributed by atoms with van der Waals surface area (Å²) in [5.74, 6) is 0.374. The molecule has 1 atom stereocenters. The lowest BCUT2D eigenvalue weighted by Crippen LogP contribution is -2.29. The number of carbonyl (C=O) groups is 1. The average molecular weight is 253 g/mol. The molecular weight excluding hydrogens is 234 g/mol. The summed E-state index contributed by atoms with van der Waals surface area (Å²) >= 11 is 0. The molecule has 5 nitrogen and oxygen atoms in total. The van der Waals surface area contributed by atoms with Crippen LogP contribution in [0.2, 0.25) is 0 Å². The molecule has 0 saturated carbocycles. The molecule has 1 aromatic rings. The minimum Gasteiger partial charge on any atom is -0.497 e. The summed E-state index contributed by atoms with van der Waals surface area (Å²) in [4.78, 5) is 11.1. The first kappa shape index (κ1) is 14.2. The standard InChI is InChI=1S/C13H19NO4/c1-4-5-10(13(15)16)14-11-8-9(17-2)6-7-12(11)18-3/h6-8,10,14H,4-5H2,1-3H3,(H,15,16)/t10-/m0/s1. The first-order valence-corrected chi connectivity index (χ1v) is 5.83. The number of hydrogen-bond acceptors (Lipinski definition) is 4. The van der Waals surface area contributed by atoms with Crippen LogP contribution in [-0.2, 0) is 4.79 Å². The topological polar surface area (TPSA) is 67.8 Å². The molecule has 0 aliphatic rings. The first-order chi connectivity index (χ1) is 8.62. The lowest BCUT2D eigenvalue weighted by Gasteiger charge is -2.17. The summed E-state index contributed by atoms with van der Waals surface area (Å²) < 4.78 is 10.3. The maximum Gasteiger partial charge on any atom is 0.326 e. The molecule has 0 saturated heterocycles. The molecule has 1 aromatic carbocycles. The number of rotatable bonds is 7. The molecule has 1 rings (SSSR count). The van der Waals surface area contributed by atoms with Crippen LogP contribution in [0.1, 0.15) is 19.8 Å². The lowest BCUT2D eigenvalue weighted by atomic mass is 10.1.